The molecule has 168 valence electrons. The Bertz CT molecular complexity index is 1080. The number of hydrogen-bond donors (Lipinski definition) is 0. The monoisotopic (exact) mass is 452 g/mol. The SMILES string of the molecule is N#Cc1ccc(-c2ccc(OCC(=O)N(C3CCCCC3)C3CCS(=O)(=O)C3)cc2)cc1. The van der Waals surface area contributed by atoms with Gasteiger partial charge in [0.2, 0.25) is 0 Å². The van der Waals surface area contributed by atoms with Gasteiger partial charge in [0.05, 0.1) is 23.1 Å². The van der Waals surface area contributed by atoms with Gasteiger partial charge in [0.15, 0.2) is 16.4 Å². The molecule has 1 heterocycles. The molecule has 1 aliphatic carbocycles. The maximum atomic E-state index is 13.1. The number of rotatable bonds is 6. The Morgan fingerprint density at radius 3 is 2.12 bits per heavy atom. The first kappa shape index (κ1) is 22.3. The third-order valence-corrected chi connectivity index (χ3v) is 8.17. The molecule has 7 heteroatoms. The molecule has 2 aliphatic rings. The van der Waals surface area contributed by atoms with Gasteiger partial charge in [-0.05, 0) is 54.7 Å². The van der Waals surface area contributed by atoms with Gasteiger partial charge in [0.25, 0.3) is 5.91 Å². The van der Waals surface area contributed by atoms with Gasteiger partial charge in [-0.3, -0.25) is 4.79 Å². The number of benzene rings is 2. The summed E-state index contributed by atoms with van der Waals surface area (Å²) in [5, 5.41) is 8.93. The average Bonchev–Trinajstić information content (AvgIpc) is 3.18. The number of ether oxygens (including phenoxy) is 1. The summed E-state index contributed by atoms with van der Waals surface area (Å²) >= 11 is 0. The van der Waals surface area contributed by atoms with Crippen LogP contribution in [-0.2, 0) is 14.6 Å². The second kappa shape index (κ2) is 9.74. The minimum Gasteiger partial charge on any atom is -0.484 e. The van der Waals surface area contributed by atoms with Crippen molar-refractivity contribution in [3.8, 4) is 22.9 Å². The number of sulfone groups is 1. The molecule has 1 unspecified atom stereocenters. The number of hydrogen-bond acceptors (Lipinski definition) is 5. The second-order valence-electron chi connectivity index (χ2n) is 8.65. The van der Waals surface area contributed by atoms with Gasteiger partial charge in [-0.25, -0.2) is 8.42 Å². The van der Waals surface area contributed by atoms with Crippen molar-refractivity contribution < 1.29 is 17.9 Å². The quantitative estimate of drug-likeness (QED) is 0.662. The molecule has 1 aliphatic heterocycles. The van der Waals surface area contributed by atoms with E-state index in [-0.39, 0.29) is 36.1 Å². The predicted octanol–water partition coefficient (Wildman–Crippen LogP) is 3.95. The van der Waals surface area contributed by atoms with Crippen LogP contribution in [0.3, 0.4) is 0 Å². The van der Waals surface area contributed by atoms with Crippen molar-refractivity contribution in [2.45, 2.75) is 50.6 Å². The lowest BCUT2D eigenvalue weighted by Crippen LogP contribution is -2.50. The van der Waals surface area contributed by atoms with E-state index < -0.39 is 9.84 Å². The lowest BCUT2D eigenvalue weighted by molar-refractivity contribution is -0.138. The molecule has 0 bridgehead atoms. The van der Waals surface area contributed by atoms with Crippen molar-refractivity contribution >= 4 is 15.7 Å². The molecule has 4 rings (SSSR count). The van der Waals surface area contributed by atoms with E-state index in [0.717, 1.165) is 36.8 Å². The third-order valence-electron chi connectivity index (χ3n) is 6.42. The molecule has 2 aromatic carbocycles. The van der Waals surface area contributed by atoms with E-state index in [1.165, 1.54) is 6.42 Å². The minimum absolute atomic E-state index is 0.0640. The molecule has 1 amide bonds. The summed E-state index contributed by atoms with van der Waals surface area (Å²) in [4.78, 5) is 15.0. The Morgan fingerprint density at radius 1 is 0.938 bits per heavy atom. The minimum atomic E-state index is -3.07. The summed E-state index contributed by atoms with van der Waals surface area (Å²) in [6.45, 7) is -0.0940. The Kier molecular flexibility index (Phi) is 6.80. The van der Waals surface area contributed by atoms with Gasteiger partial charge in [0.1, 0.15) is 5.75 Å². The highest BCUT2D eigenvalue weighted by atomic mass is 32.2. The van der Waals surface area contributed by atoms with Gasteiger partial charge in [-0.1, -0.05) is 43.5 Å². The Balaban J connectivity index is 1.41. The van der Waals surface area contributed by atoms with Gasteiger partial charge in [-0.15, -0.1) is 0 Å². The number of amides is 1. The molecule has 2 aromatic rings. The molecule has 0 N–H and O–H groups in total. The van der Waals surface area contributed by atoms with Gasteiger partial charge in [-0.2, -0.15) is 5.26 Å². The standard InChI is InChI=1S/C25H28N2O4S/c26-16-19-6-8-20(9-7-19)21-10-12-24(13-11-21)31-17-25(28)27(22-4-2-1-3-5-22)23-14-15-32(29,30)18-23/h6-13,22-23H,1-5,14-15,17-18H2. The fraction of sp³-hybridized carbons (Fsp3) is 0.440. The first-order valence-electron chi connectivity index (χ1n) is 11.2. The van der Waals surface area contributed by atoms with E-state index in [4.69, 9.17) is 10.00 Å². The smallest absolute Gasteiger partial charge is 0.261 e. The van der Waals surface area contributed by atoms with Crippen LogP contribution in [0, 0.1) is 11.3 Å². The van der Waals surface area contributed by atoms with Gasteiger partial charge >= 0.3 is 0 Å². The molecule has 0 spiro atoms. The van der Waals surface area contributed by atoms with Crippen LogP contribution in [0.1, 0.15) is 44.1 Å². The van der Waals surface area contributed by atoms with E-state index >= 15 is 0 Å². The van der Waals surface area contributed by atoms with Gasteiger partial charge in [0, 0.05) is 12.1 Å². The zero-order valence-electron chi connectivity index (χ0n) is 18.1. The Morgan fingerprint density at radius 2 is 1.56 bits per heavy atom. The molecular formula is C25H28N2O4S. The van der Waals surface area contributed by atoms with Crippen molar-refractivity contribution in [1.29, 1.82) is 5.26 Å². The third kappa shape index (κ3) is 5.31. The van der Waals surface area contributed by atoms with Crippen molar-refractivity contribution in [1.82, 2.24) is 4.90 Å². The lowest BCUT2D eigenvalue weighted by atomic mass is 9.93. The maximum Gasteiger partial charge on any atom is 0.261 e. The molecule has 1 saturated heterocycles. The first-order valence-corrected chi connectivity index (χ1v) is 13.0. The fourth-order valence-corrected chi connectivity index (χ4v) is 6.47. The van der Waals surface area contributed by atoms with Crippen LogP contribution in [0.4, 0.5) is 0 Å². The molecular weight excluding hydrogens is 424 g/mol. The van der Waals surface area contributed by atoms with Crippen LogP contribution in [-0.4, -0.2) is 49.4 Å². The normalized spacial score (nSPS) is 20.4. The average molecular weight is 453 g/mol. The summed E-state index contributed by atoms with van der Waals surface area (Å²) in [6, 6.07) is 16.8. The van der Waals surface area contributed by atoms with Crippen LogP contribution in [0.2, 0.25) is 0 Å². The molecule has 1 saturated carbocycles. The number of carbonyl (C=O) groups excluding carboxylic acids is 1. The largest absolute Gasteiger partial charge is 0.484 e. The van der Waals surface area contributed by atoms with E-state index in [2.05, 4.69) is 6.07 Å². The van der Waals surface area contributed by atoms with Gasteiger partial charge < -0.3 is 9.64 Å². The Labute approximate surface area is 189 Å². The number of nitrogens with zero attached hydrogens (tertiary/aromatic N) is 2. The highest BCUT2D eigenvalue weighted by molar-refractivity contribution is 7.91. The van der Waals surface area contributed by atoms with E-state index in [0.29, 0.717) is 17.7 Å². The van der Waals surface area contributed by atoms with E-state index in [1.807, 2.05) is 41.3 Å². The molecule has 2 fully saturated rings. The summed E-state index contributed by atoms with van der Waals surface area (Å²) < 4.78 is 29.9. The maximum absolute atomic E-state index is 13.1. The predicted molar refractivity (Wildman–Crippen MR) is 123 cm³/mol. The highest BCUT2D eigenvalue weighted by Crippen LogP contribution is 2.29. The van der Waals surface area contributed by atoms with Crippen molar-refractivity contribution in [2.24, 2.45) is 0 Å². The highest BCUT2D eigenvalue weighted by Gasteiger charge is 2.38. The molecule has 0 aromatic heterocycles. The van der Waals surface area contributed by atoms with Crippen molar-refractivity contribution in [3.05, 3.63) is 54.1 Å². The molecule has 1 atom stereocenters. The van der Waals surface area contributed by atoms with Crippen LogP contribution in [0.5, 0.6) is 5.75 Å². The van der Waals surface area contributed by atoms with Crippen LogP contribution < -0.4 is 4.74 Å². The van der Waals surface area contributed by atoms with E-state index in [9.17, 15) is 13.2 Å². The summed E-state index contributed by atoms with van der Waals surface area (Å²) in [7, 11) is -3.07. The van der Waals surface area contributed by atoms with Crippen molar-refractivity contribution in [3.63, 3.8) is 0 Å². The summed E-state index contributed by atoms with van der Waals surface area (Å²) in [5.74, 6) is 0.689. The Hall–Kier alpha value is -2.85. The lowest BCUT2D eigenvalue weighted by Gasteiger charge is -2.38. The first-order chi connectivity index (χ1) is 15.4. The van der Waals surface area contributed by atoms with Crippen LogP contribution in [0.15, 0.2) is 48.5 Å². The van der Waals surface area contributed by atoms with Crippen molar-refractivity contribution in [2.75, 3.05) is 18.1 Å². The fourth-order valence-electron chi connectivity index (χ4n) is 4.76. The zero-order chi connectivity index (χ0) is 22.6. The molecule has 32 heavy (non-hydrogen) atoms. The van der Waals surface area contributed by atoms with Crippen LogP contribution in [0.25, 0.3) is 11.1 Å². The molecule has 6 nitrogen and oxygen atoms in total. The second-order valence-corrected chi connectivity index (χ2v) is 10.9. The number of carbonyl (C=O) groups is 1. The topological polar surface area (TPSA) is 87.5 Å². The number of nitriles is 1. The summed E-state index contributed by atoms with van der Waals surface area (Å²) in [5.41, 5.74) is 2.61. The zero-order valence-corrected chi connectivity index (χ0v) is 18.9. The van der Waals surface area contributed by atoms with E-state index in [1.54, 1.807) is 12.1 Å². The van der Waals surface area contributed by atoms with Crippen LogP contribution >= 0.6 is 0 Å². The molecule has 0 radical (unpaired) electrons. The summed E-state index contributed by atoms with van der Waals surface area (Å²) in [6.07, 6.45) is 5.70.